The number of benzene rings is 7. The maximum Gasteiger partial charge on any atom is 0.519 e. The first kappa shape index (κ1) is 44.6. The molecule has 0 aliphatic carbocycles. The van der Waals surface area contributed by atoms with Crippen LogP contribution in [0.3, 0.4) is 0 Å². The summed E-state index contributed by atoms with van der Waals surface area (Å²) < 4.78 is 31.6. The minimum absolute atomic E-state index is 0.147. The number of carbonyl (C=O) groups excluding carboxylic acids is 4. The molecule has 0 heterocycles. The van der Waals surface area contributed by atoms with Crippen molar-refractivity contribution in [3.05, 3.63) is 209 Å². The van der Waals surface area contributed by atoms with Gasteiger partial charge in [0.1, 0.15) is 36.2 Å². The highest BCUT2D eigenvalue weighted by atomic mass is 16.7. The summed E-state index contributed by atoms with van der Waals surface area (Å²) in [5, 5.41) is 0. The van der Waals surface area contributed by atoms with Gasteiger partial charge in [0.2, 0.25) is 0 Å². The Morgan fingerprint density at radius 1 is 0.446 bits per heavy atom. The predicted octanol–water partition coefficient (Wildman–Crippen LogP) is 11.9. The van der Waals surface area contributed by atoms with E-state index in [9.17, 15) is 19.2 Å². The number of hydrogen-bond donors (Lipinski definition) is 0. The Labute approximate surface area is 377 Å². The lowest BCUT2D eigenvalue weighted by atomic mass is 9.95. The van der Waals surface area contributed by atoms with Gasteiger partial charge in [0.15, 0.2) is 0 Å². The lowest BCUT2D eigenvalue weighted by Gasteiger charge is -2.26. The second-order valence-electron chi connectivity index (χ2n) is 14.8. The third kappa shape index (κ3) is 12.1. The standard InChI is InChI=1S/C54H45NO10/c1-36-5-19-44(20-6-36)55(45-21-7-37(2)8-22-45)46-23-9-39(10-24-46)35-51(40-11-25-47(60-4)26-12-40)41-13-27-49(28-14-41)64-54(59)65-50-31-17-43(18-32-50)53(58)62-34-33-61-52(57)42-15-29-48(30-16-42)63-38(3)56/h5-32,35H,33-34H2,1-4H3/b51-35+. The lowest BCUT2D eigenvalue weighted by molar-refractivity contribution is -0.131. The van der Waals surface area contributed by atoms with Crippen molar-refractivity contribution in [3.63, 3.8) is 0 Å². The monoisotopic (exact) mass is 867 g/mol. The van der Waals surface area contributed by atoms with E-state index in [1.54, 1.807) is 19.2 Å². The second kappa shape index (κ2) is 21.1. The zero-order valence-corrected chi connectivity index (χ0v) is 36.2. The van der Waals surface area contributed by atoms with E-state index >= 15 is 0 Å². The molecule has 0 bridgehead atoms. The molecular weight excluding hydrogens is 823 g/mol. The van der Waals surface area contributed by atoms with E-state index in [-0.39, 0.29) is 35.8 Å². The fraction of sp³-hybridized carbons (Fsp3) is 0.111. The van der Waals surface area contributed by atoms with Crippen LogP contribution in [0.15, 0.2) is 170 Å². The Kier molecular flexibility index (Phi) is 14.5. The predicted molar refractivity (Wildman–Crippen MR) is 248 cm³/mol. The Balaban J connectivity index is 0.972. The van der Waals surface area contributed by atoms with Crippen LogP contribution in [-0.2, 0) is 14.3 Å². The van der Waals surface area contributed by atoms with Gasteiger partial charge in [-0.3, -0.25) is 4.79 Å². The topological polar surface area (TPSA) is 127 Å². The van der Waals surface area contributed by atoms with Crippen LogP contribution >= 0.6 is 0 Å². The molecule has 0 aliphatic heterocycles. The normalized spacial score (nSPS) is 10.9. The number of methoxy groups -OCH3 is 1. The minimum atomic E-state index is -0.966. The van der Waals surface area contributed by atoms with Gasteiger partial charge in [-0.05, 0) is 151 Å². The van der Waals surface area contributed by atoms with E-state index in [0.29, 0.717) is 5.75 Å². The molecule has 326 valence electrons. The third-order valence-corrected chi connectivity index (χ3v) is 10.0. The van der Waals surface area contributed by atoms with Crippen molar-refractivity contribution in [2.24, 2.45) is 0 Å². The van der Waals surface area contributed by atoms with Crippen molar-refractivity contribution < 1.29 is 47.6 Å². The molecule has 0 unspecified atom stereocenters. The second-order valence-corrected chi connectivity index (χ2v) is 14.8. The van der Waals surface area contributed by atoms with Crippen LogP contribution in [0.25, 0.3) is 11.6 Å². The molecule has 0 atom stereocenters. The van der Waals surface area contributed by atoms with E-state index in [2.05, 4.69) is 97.6 Å². The van der Waals surface area contributed by atoms with E-state index in [0.717, 1.165) is 45.1 Å². The van der Waals surface area contributed by atoms with Crippen molar-refractivity contribution in [1.29, 1.82) is 0 Å². The molecule has 11 heteroatoms. The summed E-state index contributed by atoms with van der Waals surface area (Å²) in [6, 6.07) is 51.9. The number of carbonyl (C=O) groups is 4. The number of hydrogen-bond acceptors (Lipinski definition) is 11. The van der Waals surface area contributed by atoms with Gasteiger partial charge in [-0.2, -0.15) is 0 Å². The summed E-state index contributed by atoms with van der Waals surface area (Å²) in [5.41, 5.74) is 9.71. The van der Waals surface area contributed by atoms with Crippen LogP contribution < -0.4 is 23.8 Å². The first-order chi connectivity index (χ1) is 31.5. The Morgan fingerprint density at radius 2 is 0.800 bits per heavy atom. The first-order valence-corrected chi connectivity index (χ1v) is 20.6. The van der Waals surface area contributed by atoms with Crippen LogP contribution in [0.4, 0.5) is 21.9 Å². The summed E-state index contributed by atoms with van der Waals surface area (Å²) in [7, 11) is 1.63. The van der Waals surface area contributed by atoms with E-state index < -0.39 is 24.1 Å². The van der Waals surface area contributed by atoms with E-state index in [1.807, 2.05) is 36.4 Å². The van der Waals surface area contributed by atoms with Crippen molar-refractivity contribution in [2.75, 3.05) is 25.2 Å². The van der Waals surface area contributed by atoms with Crippen molar-refractivity contribution in [1.82, 2.24) is 0 Å². The fourth-order valence-electron chi connectivity index (χ4n) is 6.66. The molecule has 0 aliphatic rings. The third-order valence-electron chi connectivity index (χ3n) is 10.0. The molecular formula is C54H45NO10. The maximum absolute atomic E-state index is 12.8. The van der Waals surface area contributed by atoms with Crippen molar-refractivity contribution in [3.8, 4) is 23.0 Å². The highest BCUT2D eigenvalue weighted by molar-refractivity contribution is 5.93. The molecule has 0 radical (unpaired) electrons. The molecule has 7 aromatic rings. The number of rotatable bonds is 15. The molecule has 0 saturated heterocycles. The van der Waals surface area contributed by atoms with Crippen LogP contribution in [0.5, 0.6) is 23.0 Å². The van der Waals surface area contributed by atoms with E-state index in [1.165, 1.54) is 66.6 Å². The summed E-state index contributed by atoms with van der Waals surface area (Å²) in [6.07, 6.45) is 1.15. The maximum atomic E-state index is 12.8. The first-order valence-electron chi connectivity index (χ1n) is 20.6. The fourth-order valence-corrected chi connectivity index (χ4v) is 6.66. The quantitative estimate of drug-likeness (QED) is 0.0321. The molecule has 0 fully saturated rings. The van der Waals surface area contributed by atoms with E-state index in [4.69, 9.17) is 28.4 Å². The van der Waals surface area contributed by atoms with Gasteiger partial charge in [0.05, 0.1) is 18.2 Å². The zero-order valence-electron chi connectivity index (χ0n) is 36.2. The van der Waals surface area contributed by atoms with Crippen molar-refractivity contribution >= 4 is 52.8 Å². The van der Waals surface area contributed by atoms with Gasteiger partial charge in [-0.25, -0.2) is 14.4 Å². The largest absolute Gasteiger partial charge is 0.519 e. The highest BCUT2D eigenvalue weighted by Gasteiger charge is 2.16. The van der Waals surface area contributed by atoms with Gasteiger partial charge in [0.25, 0.3) is 0 Å². The van der Waals surface area contributed by atoms with Gasteiger partial charge >= 0.3 is 24.1 Å². The number of esters is 3. The molecule has 0 N–H and O–H groups in total. The Bertz CT molecular complexity index is 2720. The van der Waals surface area contributed by atoms with Crippen LogP contribution in [0.1, 0.15) is 55.5 Å². The summed E-state index contributed by atoms with van der Waals surface area (Å²) in [5.74, 6) is -0.323. The number of ether oxygens (including phenoxy) is 6. The van der Waals surface area contributed by atoms with Gasteiger partial charge in [0, 0.05) is 24.0 Å². The highest BCUT2D eigenvalue weighted by Crippen LogP contribution is 2.36. The number of anilines is 3. The molecule has 7 aromatic carbocycles. The van der Waals surface area contributed by atoms with Gasteiger partial charge < -0.3 is 33.3 Å². The molecule has 65 heavy (non-hydrogen) atoms. The average Bonchev–Trinajstić information content (AvgIpc) is 3.32. The van der Waals surface area contributed by atoms with Gasteiger partial charge in [-0.1, -0.05) is 71.8 Å². The molecule has 0 spiro atoms. The summed E-state index contributed by atoms with van der Waals surface area (Å²) in [6.45, 7) is 5.07. The molecule has 7 rings (SSSR count). The molecule has 0 saturated carbocycles. The van der Waals surface area contributed by atoms with Gasteiger partial charge in [-0.15, -0.1) is 0 Å². The molecule has 0 aromatic heterocycles. The Morgan fingerprint density at radius 3 is 1.18 bits per heavy atom. The minimum Gasteiger partial charge on any atom is -0.497 e. The van der Waals surface area contributed by atoms with Crippen LogP contribution in [0, 0.1) is 13.8 Å². The van der Waals surface area contributed by atoms with Crippen LogP contribution in [-0.4, -0.2) is 44.4 Å². The summed E-state index contributed by atoms with van der Waals surface area (Å²) >= 11 is 0. The zero-order chi connectivity index (χ0) is 45.7. The number of nitrogens with zero attached hydrogens (tertiary/aromatic N) is 1. The molecule has 11 nitrogen and oxygen atoms in total. The smallest absolute Gasteiger partial charge is 0.497 e. The van der Waals surface area contributed by atoms with Crippen LogP contribution in [0.2, 0.25) is 0 Å². The van der Waals surface area contributed by atoms with Crippen molar-refractivity contribution in [2.45, 2.75) is 20.8 Å². The average molecular weight is 868 g/mol. The lowest BCUT2D eigenvalue weighted by Crippen LogP contribution is -2.15. The summed E-state index contributed by atoms with van der Waals surface area (Å²) in [4.78, 5) is 51.0. The number of aryl methyl sites for hydroxylation is 2. The Hall–Kier alpha value is -8.44. The molecule has 0 amide bonds. The SMILES string of the molecule is COc1ccc(/C(=C\c2ccc(N(c3ccc(C)cc3)c3ccc(C)cc3)cc2)c2ccc(OC(=O)Oc3ccc(C(=O)OCCOC(=O)c4ccc(OC(C)=O)cc4)cc3)cc2)cc1.